The van der Waals surface area contributed by atoms with Crippen LogP contribution in [0.4, 0.5) is 0 Å². The molecule has 1 unspecified atom stereocenters. The summed E-state index contributed by atoms with van der Waals surface area (Å²) < 4.78 is 45.7. The zero-order chi connectivity index (χ0) is 24.6. The molecule has 1 aliphatic heterocycles. The third-order valence-corrected chi connectivity index (χ3v) is 8.38. The van der Waals surface area contributed by atoms with Crippen molar-refractivity contribution in [3.8, 4) is 11.5 Å². The van der Waals surface area contributed by atoms with Gasteiger partial charge in [-0.2, -0.15) is 4.31 Å². The molecule has 1 fully saturated rings. The van der Waals surface area contributed by atoms with Crippen LogP contribution in [0.1, 0.15) is 36.8 Å². The topological polar surface area (TPSA) is 85.3 Å². The number of benzene rings is 2. The fraction of sp³-hybridized carbons (Fsp3) is 0.462. The van der Waals surface area contributed by atoms with Crippen molar-refractivity contribution in [1.29, 1.82) is 0 Å². The molecule has 1 heterocycles. The van der Waals surface area contributed by atoms with E-state index in [1.54, 1.807) is 20.3 Å². The number of aliphatic hydroxyl groups excluding tert-OH is 1. The van der Waals surface area contributed by atoms with E-state index >= 15 is 0 Å². The second-order valence-corrected chi connectivity index (χ2v) is 10.7. The zero-order valence-electron chi connectivity index (χ0n) is 19.9. The second kappa shape index (κ2) is 12.4. The van der Waals surface area contributed by atoms with Crippen LogP contribution in [0.3, 0.4) is 0 Å². The molecule has 0 amide bonds. The van der Waals surface area contributed by atoms with Gasteiger partial charge in [-0.25, -0.2) is 8.42 Å². The molecule has 0 aliphatic carbocycles. The maximum Gasteiger partial charge on any atom is 0.220 e. The van der Waals surface area contributed by atoms with E-state index in [1.165, 1.54) is 4.31 Å². The molecular formula is C26H35NO6S. The maximum absolute atomic E-state index is 14.0. The third kappa shape index (κ3) is 6.82. The Balaban J connectivity index is 1.93. The van der Waals surface area contributed by atoms with Gasteiger partial charge in [0.25, 0.3) is 0 Å². The smallest absolute Gasteiger partial charge is 0.220 e. The minimum Gasteiger partial charge on any atom is -0.497 e. The number of rotatable bonds is 13. The number of hydrogen-bond acceptors (Lipinski definition) is 6. The molecule has 8 heteroatoms. The lowest BCUT2D eigenvalue weighted by Gasteiger charge is -2.31. The third-order valence-electron chi connectivity index (χ3n) is 6.13. The van der Waals surface area contributed by atoms with E-state index in [0.29, 0.717) is 18.1 Å². The first-order valence-electron chi connectivity index (χ1n) is 11.5. The lowest BCUT2D eigenvalue weighted by molar-refractivity contribution is 0.0824. The van der Waals surface area contributed by atoms with Crippen LogP contribution in [0.25, 0.3) is 0 Å². The monoisotopic (exact) mass is 489 g/mol. The lowest BCUT2D eigenvalue weighted by Crippen LogP contribution is -2.45. The Morgan fingerprint density at radius 1 is 1.06 bits per heavy atom. The van der Waals surface area contributed by atoms with Crippen LogP contribution in [0.5, 0.6) is 11.5 Å². The molecule has 0 aromatic heterocycles. The highest BCUT2D eigenvalue weighted by Crippen LogP contribution is 2.28. The Bertz CT molecular complexity index is 951. The molecule has 0 saturated carbocycles. The van der Waals surface area contributed by atoms with Crippen molar-refractivity contribution in [2.24, 2.45) is 0 Å². The Morgan fingerprint density at radius 2 is 1.59 bits per heavy atom. The fourth-order valence-electron chi connectivity index (χ4n) is 4.19. The number of aliphatic hydroxyl groups is 1. The average molecular weight is 490 g/mol. The van der Waals surface area contributed by atoms with E-state index < -0.39 is 21.4 Å². The van der Waals surface area contributed by atoms with Crippen molar-refractivity contribution >= 4 is 10.0 Å². The molecule has 2 aromatic carbocycles. The fourth-order valence-corrected chi connectivity index (χ4v) is 6.19. The summed E-state index contributed by atoms with van der Waals surface area (Å²) in [6, 6.07) is 14.6. The molecule has 3 rings (SSSR count). The number of methoxy groups -OCH3 is 2. The molecular weight excluding hydrogens is 454 g/mol. The minimum absolute atomic E-state index is 0.168. The van der Waals surface area contributed by atoms with Crippen molar-refractivity contribution in [2.75, 3.05) is 20.8 Å². The number of hydrogen-bond donors (Lipinski definition) is 1. The Hall–Kier alpha value is -2.39. The van der Waals surface area contributed by atoms with Gasteiger partial charge in [0, 0.05) is 19.7 Å². The van der Waals surface area contributed by atoms with E-state index in [2.05, 4.69) is 6.58 Å². The van der Waals surface area contributed by atoms with Crippen LogP contribution < -0.4 is 9.47 Å². The van der Waals surface area contributed by atoms with Crippen LogP contribution in [0.15, 0.2) is 61.2 Å². The quantitative estimate of drug-likeness (QED) is 0.430. The van der Waals surface area contributed by atoms with Crippen LogP contribution in [-0.4, -0.2) is 56.1 Å². The molecule has 3 atom stereocenters. The molecule has 7 nitrogen and oxygen atoms in total. The molecule has 1 aliphatic rings. The summed E-state index contributed by atoms with van der Waals surface area (Å²) in [5.74, 6) is 1.40. The van der Waals surface area contributed by atoms with E-state index in [1.807, 2.05) is 48.5 Å². The van der Waals surface area contributed by atoms with E-state index in [9.17, 15) is 13.5 Å². The number of sulfonamides is 1. The number of ether oxygens (including phenoxy) is 3. The summed E-state index contributed by atoms with van der Waals surface area (Å²) in [5.41, 5.74) is 1.65. The van der Waals surface area contributed by atoms with Crippen molar-refractivity contribution in [3.05, 3.63) is 72.3 Å². The largest absolute Gasteiger partial charge is 0.497 e. The molecule has 1 N–H and O–H groups in total. The van der Waals surface area contributed by atoms with Gasteiger partial charge in [-0.15, -0.1) is 6.58 Å². The van der Waals surface area contributed by atoms with Crippen molar-refractivity contribution in [3.63, 3.8) is 0 Å². The van der Waals surface area contributed by atoms with E-state index in [-0.39, 0.29) is 32.0 Å². The van der Waals surface area contributed by atoms with Gasteiger partial charge in [-0.1, -0.05) is 30.3 Å². The molecule has 0 radical (unpaired) electrons. The Morgan fingerprint density at radius 3 is 2.00 bits per heavy atom. The molecule has 2 aromatic rings. The van der Waals surface area contributed by atoms with Gasteiger partial charge in [0.1, 0.15) is 16.7 Å². The average Bonchev–Trinajstić information content (AvgIpc) is 3.36. The van der Waals surface area contributed by atoms with Crippen LogP contribution >= 0.6 is 0 Å². The summed E-state index contributed by atoms with van der Waals surface area (Å²) in [4.78, 5) is 0. The molecule has 0 spiro atoms. The van der Waals surface area contributed by atoms with E-state index in [0.717, 1.165) is 24.0 Å². The predicted octanol–water partition coefficient (Wildman–Crippen LogP) is 3.91. The Kier molecular flexibility index (Phi) is 9.53. The molecule has 1 saturated heterocycles. The highest BCUT2D eigenvalue weighted by molar-refractivity contribution is 7.89. The highest BCUT2D eigenvalue weighted by Gasteiger charge is 2.39. The first-order chi connectivity index (χ1) is 16.4. The Labute approximate surface area is 203 Å². The van der Waals surface area contributed by atoms with Gasteiger partial charge in [-0.3, -0.25) is 0 Å². The normalized spacial score (nSPS) is 17.9. The van der Waals surface area contributed by atoms with Crippen molar-refractivity contribution < 1.29 is 27.7 Å². The van der Waals surface area contributed by atoms with Crippen molar-refractivity contribution in [2.45, 2.75) is 56.2 Å². The second-order valence-electron chi connectivity index (χ2n) is 8.51. The van der Waals surface area contributed by atoms with Crippen LogP contribution in [-0.2, 0) is 27.8 Å². The summed E-state index contributed by atoms with van der Waals surface area (Å²) >= 11 is 0. The summed E-state index contributed by atoms with van der Waals surface area (Å²) in [6.45, 7) is 4.64. The van der Waals surface area contributed by atoms with Gasteiger partial charge in [0.2, 0.25) is 10.0 Å². The molecule has 34 heavy (non-hydrogen) atoms. The molecule has 0 bridgehead atoms. The first kappa shape index (κ1) is 26.2. The van der Waals surface area contributed by atoms with Gasteiger partial charge in [0.05, 0.1) is 26.4 Å². The van der Waals surface area contributed by atoms with Gasteiger partial charge in [0.15, 0.2) is 0 Å². The summed E-state index contributed by atoms with van der Waals surface area (Å²) in [6.07, 6.45) is 2.44. The van der Waals surface area contributed by atoms with E-state index in [4.69, 9.17) is 14.2 Å². The number of nitrogens with zero attached hydrogens (tertiary/aromatic N) is 1. The SMILES string of the molecule is C=CC[C@H](O)[C@@H](CC1CCCO1)S(=O)(=O)N(Cc1ccc(OC)cc1)Cc1ccc(OC)cc1. The van der Waals surface area contributed by atoms with Crippen LogP contribution in [0.2, 0.25) is 0 Å². The summed E-state index contributed by atoms with van der Waals surface area (Å²) in [5, 5.41) is 9.86. The van der Waals surface area contributed by atoms with Crippen molar-refractivity contribution in [1.82, 2.24) is 4.31 Å². The van der Waals surface area contributed by atoms with Crippen LogP contribution in [0, 0.1) is 0 Å². The predicted molar refractivity (Wildman–Crippen MR) is 132 cm³/mol. The van der Waals surface area contributed by atoms with Gasteiger partial charge < -0.3 is 19.3 Å². The van der Waals surface area contributed by atoms with Gasteiger partial charge >= 0.3 is 0 Å². The highest BCUT2D eigenvalue weighted by atomic mass is 32.2. The maximum atomic E-state index is 14.0. The zero-order valence-corrected chi connectivity index (χ0v) is 20.7. The summed E-state index contributed by atoms with van der Waals surface area (Å²) in [7, 11) is -0.728. The first-order valence-corrected chi connectivity index (χ1v) is 13.0. The molecule has 186 valence electrons. The van der Waals surface area contributed by atoms with Gasteiger partial charge in [-0.05, 0) is 61.1 Å². The standard InChI is InChI=1S/C26H35NO6S/c1-4-6-25(28)26(17-24-7-5-16-33-24)34(29,30)27(18-20-8-12-22(31-2)13-9-20)19-21-10-14-23(32-3)15-11-21/h4,8-15,24-26,28H,1,5-7,16-19H2,2-3H3/t24?,25-,26+/m0/s1. The lowest BCUT2D eigenvalue weighted by atomic mass is 10.1. The minimum atomic E-state index is -3.91.